The van der Waals surface area contributed by atoms with Crippen molar-refractivity contribution >= 4 is 33.0 Å². The number of aromatic nitrogens is 2. The summed E-state index contributed by atoms with van der Waals surface area (Å²) < 4.78 is 31.5. The van der Waals surface area contributed by atoms with Gasteiger partial charge >= 0.3 is 0 Å². The van der Waals surface area contributed by atoms with E-state index in [2.05, 4.69) is 5.10 Å². The quantitative estimate of drug-likeness (QED) is 0.437. The summed E-state index contributed by atoms with van der Waals surface area (Å²) in [6.07, 6.45) is 2.46. The lowest BCUT2D eigenvalue weighted by Crippen LogP contribution is -2.16. The van der Waals surface area contributed by atoms with Crippen LogP contribution in [0.3, 0.4) is 0 Å². The summed E-state index contributed by atoms with van der Waals surface area (Å²) >= 11 is 6.43. The molecule has 9 heteroatoms. The van der Waals surface area contributed by atoms with Gasteiger partial charge in [-0.1, -0.05) is 41.4 Å². The maximum absolute atomic E-state index is 13.4. The minimum atomic E-state index is -3.52. The summed E-state index contributed by atoms with van der Waals surface area (Å²) in [4.78, 5) is 26.0. The number of sulfone groups is 1. The molecule has 0 spiro atoms. The van der Waals surface area contributed by atoms with Gasteiger partial charge in [-0.25, -0.2) is 13.1 Å². The molecule has 33 heavy (non-hydrogen) atoms. The first-order chi connectivity index (χ1) is 15.5. The zero-order valence-corrected chi connectivity index (χ0v) is 20.7. The molecule has 174 valence electrons. The highest BCUT2D eigenvalue weighted by molar-refractivity contribution is 7.90. The van der Waals surface area contributed by atoms with E-state index in [1.165, 1.54) is 16.9 Å². The van der Waals surface area contributed by atoms with Gasteiger partial charge in [0.15, 0.2) is 22.2 Å². The van der Waals surface area contributed by atoms with E-state index in [0.29, 0.717) is 23.2 Å². The van der Waals surface area contributed by atoms with Crippen LogP contribution in [0.25, 0.3) is 0 Å². The summed E-state index contributed by atoms with van der Waals surface area (Å²) in [7, 11) is -3.52. The van der Waals surface area contributed by atoms with Crippen molar-refractivity contribution in [2.45, 2.75) is 39.1 Å². The minimum Gasteiger partial charge on any atom is -0.469 e. The van der Waals surface area contributed by atoms with Crippen molar-refractivity contribution in [2.75, 3.05) is 12.9 Å². The summed E-state index contributed by atoms with van der Waals surface area (Å²) in [6, 6.07) is 8.58. The lowest BCUT2D eigenvalue weighted by Gasteiger charge is -2.14. The van der Waals surface area contributed by atoms with Gasteiger partial charge < -0.3 is 4.74 Å². The van der Waals surface area contributed by atoms with Gasteiger partial charge in [-0.2, -0.15) is 5.10 Å². The average molecular weight is 489 g/mol. The Labute approximate surface area is 198 Å². The molecule has 7 nitrogen and oxygen atoms in total. The van der Waals surface area contributed by atoms with Crippen molar-refractivity contribution in [1.82, 2.24) is 9.78 Å². The van der Waals surface area contributed by atoms with Crippen molar-refractivity contribution in [3.05, 3.63) is 74.9 Å². The molecule has 0 N–H and O–H groups in total. The highest BCUT2D eigenvalue weighted by atomic mass is 35.5. The smallest absolute Gasteiger partial charge is 0.223 e. The molecule has 1 heterocycles. The second-order valence-corrected chi connectivity index (χ2v) is 10.2. The van der Waals surface area contributed by atoms with Gasteiger partial charge in [0.1, 0.15) is 5.56 Å². The van der Waals surface area contributed by atoms with E-state index in [-0.39, 0.29) is 39.3 Å². The maximum Gasteiger partial charge on any atom is 0.223 e. The van der Waals surface area contributed by atoms with E-state index in [1.54, 1.807) is 26.0 Å². The van der Waals surface area contributed by atoms with Crippen LogP contribution in [0.5, 0.6) is 5.88 Å². The molecule has 0 unspecified atom stereocenters. The third-order valence-electron chi connectivity index (χ3n) is 5.29. The van der Waals surface area contributed by atoms with E-state index in [9.17, 15) is 18.0 Å². The molecule has 0 radical (unpaired) electrons. The molecule has 0 aliphatic heterocycles. The molecular weight excluding hydrogens is 464 g/mol. The lowest BCUT2D eigenvalue weighted by molar-refractivity contribution is 0.0907. The number of Topliss-reactive ketones (excluding diaryl/α,β-unsaturated/α-hetero) is 1. The SMILES string of the molecule is CCn1ncc(C(=O)c2cc(C)c(S(C)(=O)=O)c(C)c2Cl)c1OCC(=O)c1ccc(C)cc1. The average Bonchev–Trinajstić information content (AvgIpc) is 3.16. The molecule has 0 atom stereocenters. The van der Waals surface area contributed by atoms with E-state index in [4.69, 9.17) is 16.3 Å². The first kappa shape index (κ1) is 24.7. The molecule has 0 saturated carbocycles. The van der Waals surface area contributed by atoms with Crippen LogP contribution in [0.15, 0.2) is 41.4 Å². The van der Waals surface area contributed by atoms with Gasteiger partial charge in [0.2, 0.25) is 11.7 Å². The summed E-state index contributed by atoms with van der Waals surface area (Å²) in [5, 5.41) is 4.25. The van der Waals surface area contributed by atoms with Gasteiger partial charge in [0.25, 0.3) is 0 Å². The molecule has 0 amide bonds. The second-order valence-electron chi connectivity index (χ2n) is 7.87. The fraction of sp³-hybridized carbons (Fsp3) is 0.292. The van der Waals surface area contributed by atoms with Crippen LogP contribution in [0.1, 0.15) is 49.9 Å². The maximum atomic E-state index is 13.4. The van der Waals surface area contributed by atoms with Gasteiger partial charge in [-0.15, -0.1) is 0 Å². The van der Waals surface area contributed by atoms with E-state index in [0.717, 1.165) is 11.8 Å². The van der Waals surface area contributed by atoms with E-state index < -0.39 is 15.6 Å². The van der Waals surface area contributed by atoms with Crippen molar-refractivity contribution in [3.63, 3.8) is 0 Å². The second kappa shape index (κ2) is 9.49. The fourth-order valence-electron chi connectivity index (χ4n) is 3.69. The number of hydrogen-bond donors (Lipinski definition) is 0. The van der Waals surface area contributed by atoms with Crippen molar-refractivity contribution in [1.29, 1.82) is 0 Å². The first-order valence-corrected chi connectivity index (χ1v) is 12.6. The van der Waals surface area contributed by atoms with Crippen LogP contribution in [-0.4, -0.2) is 42.6 Å². The van der Waals surface area contributed by atoms with Crippen LogP contribution in [0.2, 0.25) is 5.02 Å². The number of nitrogens with zero attached hydrogens (tertiary/aromatic N) is 2. The van der Waals surface area contributed by atoms with Crippen LogP contribution < -0.4 is 4.74 Å². The molecule has 0 aliphatic rings. The number of hydrogen-bond acceptors (Lipinski definition) is 6. The highest BCUT2D eigenvalue weighted by Gasteiger charge is 2.27. The normalized spacial score (nSPS) is 11.5. The largest absolute Gasteiger partial charge is 0.469 e. The fourth-order valence-corrected chi connectivity index (χ4v) is 5.28. The molecule has 2 aromatic carbocycles. The number of rotatable bonds is 8. The Bertz CT molecular complexity index is 1340. The van der Waals surface area contributed by atoms with Crippen molar-refractivity contribution < 1.29 is 22.7 Å². The highest BCUT2D eigenvalue weighted by Crippen LogP contribution is 2.33. The molecular formula is C24H25ClN2O5S. The van der Waals surface area contributed by atoms with Crippen LogP contribution in [-0.2, 0) is 16.4 Å². The van der Waals surface area contributed by atoms with Gasteiger partial charge in [-0.05, 0) is 44.9 Å². The molecule has 0 fully saturated rings. The van der Waals surface area contributed by atoms with E-state index >= 15 is 0 Å². The van der Waals surface area contributed by atoms with Crippen molar-refractivity contribution in [2.24, 2.45) is 0 Å². The Hall–Kier alpha value is -2.97. The predicted octanol–water partition coefficient (Wildman–Crippen LogP) is 4.38. The zero-order valence-electron chi connectivity index (χ0n) is 19.1. The number of ether oxygens (including phenoxy) is 1. The molecule has 3 aromatic rings. The molecule has 0 saturated heterocycles. The van der Waals surface area contributed by atoms with E-state index in [1.807, 2.05) is 26.0 Å². The van der Waals surface area contributed by atoms with Gasteiger partial charge in [-0.3, -0.25) is 9.59 Å². The third kappa shape index (κ3) is 5.02. The number of ketones is 2. The van der Waals surface area contributed by atoms with Crippen LogP contribution >= 0.6 is 11.6 Å². The topological polar surface area (TPSA) is 95.3 Å². The number of aryl methyl sites for hydroxylation is 3. The van der Waals surface area contributed by atoms with Crippen LogP contribution in [0, 0.1) is 20.8 Å². The number of halogens is 1. The number of carbonyl (C=O) groups is 2. The Kier molecular flexibility index (Phi) is 7.09. The Morgan fingerprint density at radius 1 is 1.09 bits per heavy atom. The summed E-state index contributed by atoms with van der Waals surface area (Å²) in [5.74, 6) is -0.551. The van der Waals surface area contributed by atoms with Crippen LogP contribution in [0.4, 0.5) is 0 Å². The predicted molar refractivity (Wildman–Crippen MR) is 126 cm³/mol. The monoisotopic (exact) mass is 488 g/mol. The molecule has 0 bridgehead atoms. The summed E-state index contributed by atoms with van der Waals surface area (Å²) in [6.45, 7) is 7.09. The summed E-state index contributed by atoms with van der Waals surface area (Å²) in [5.41, 5.74) is 2.55. The minimum absolute atomic E-state index is 0.0527. The van der Waals surface area contributed by atoms with Gasteiger partial charge in [0.05, 0.1) is 16.1 Å². The molecule has 1 aromatic heterocycles. The number of carbonyl (C=O) groups excluding carboxylic acids is 2. The Balaban J connectivity index is 1.96. The first-order valence-electron chi connectivity index (χ1n) is 10.3. The lowest BCUT2D eigenvalue weighted by atomic mass is 10.0. The molecule has 3 rings (SSSR count). The Morgan fingerprint density at radius 3 is 2.30 bits per heavy atom. The molecule has 0 aliphatic carbocycles. The number of benzene rings is 2. The van der Waals surface area contributed by atoms with Crippen molar-refractivity contribution in [3.8, 4) is 5.88 Å². The standard InChI is InChI=1S/C24H25ClN2O5S/c1-6-27-24(32-13-20(28)17-9-7-14(2)8-10-17)19(12-26-27)22(29)18-11-15(3)23(33(5,30)31)16(4)21(18)25/h7-12H,6,13H2,1-5H3. The third-order valence-corrected chi connectivity index (χ3v) is 7.15. The van der Waals surface area contributed by atoms with Gasteiger partial charge in [0, 0.05) is 23.9 Å². The zero-order chi connectivity index (χ0) is 24.5. The Morgan fingerprint density at radius 2 is 1.73 bits per heavy atom.